The van der Waals surface area contributed by atoms with Crippen LogP contribution < -0.4 is 5.32 Å². The number of phenolic OH excluding ortho intramolecular Hbond substituents is 1. The predicted octanol–water partition coefficient (Wildman–Crippen LogP) is 4.68. The van der Waals surface area contributed by atoms with Gasteiger partial charge in [-0.1, -0.05) is 31.2 Å². The number of rotatable bonds is 8. The Morgan fingerprint density at radius 2 is 2.00 bits per heavy atom. The van der Waals surface area contributed by atoms with Crippen LogP contribution in [0.15, 0.2) is 53.4 Å². The summed E-state index contributed by atoms with van der Waals surface area (Å²) in [5.74, 6) is 1.39. The van der Waals surface area contributed by atoms with Gasteiger partial charge in [-0.2, -0.15) is 0 Å². The fraction of sp³-hybridized carbons (Fsp3) is 0.455. The van der Waals surface area contributed by atoms with Crippen molar-refractivity contribution in [1.29, 1.82) is 0 Å². The van der Waals surface area contributed by atoms with Crippen molar-refractivity contribution < 1.29 is 10.2 Å². The van der Waals surface area contributed by atoms with E-state index in [2.05, 4.69) is 30.4 Å². The highest BCUT2D eigenvalue weighted by atomic mass is 32.2. The van der Waals surface area contributed by atoms with Gasteiger partial charge in [-0.3, -0.25) is 0 Å². The molecule has 1 fully saturated rings. The van der Waals surface area contributed by atoms with E-state index in [1.54, 1.807) is 6.07 Å². The molecule has 1 aliphatic rings. The van der Waals surface area contributed by atoms with Crippen LogP contribution in [0.5, 0.6) is 5.75 Å². The lowest BCUT2D eigenvalue weighted by molar-refractivity contribution is 0.134. The third-order valence-corrected chi connectivity index (χ3v) is 5.97. The van der Waals surface area contributed by atoms with E-state index in [-0.39, 0.29) is 6.04 Å². The third-order valence-electron chi connectivity index (χ3n) is 5.10. The van der Waals surface area contributed by atoms with Crippen molar-refractivity contribution in [2.24, 2.45) is 0 Å². The number of hydrogen-bond acceptors (Lipinski definition) is 4. The van der Waals surface area contributed by atoms with Crippen molar-refractivity contribution in [3.05, 3.63) is 59.7 Å². The van der Waals surface area contributed by atoms with E-state index in [4.69, 9.17) is 0 Å². The molecule has 0 bridgehead atoms. The lowest BCUT2D eigenvalue weighted by atomic mass is 10.0. The fourth-order valence-electron chi connectivity index (χ4n) is 3.78. The molecule has 2 aromatic carbocycles. The first-order valence-corrected chi connectivity index (χ1v) is 10.6. The minimum absolute atomic E-state index is 0.141. The summed E-state index contributed by atoms with van der Waals surface area (Å²) in [5, 5.41) is 23.9. The van der Waals surface area contributed by atoms with Crippen LogP contribution in [0.1, 0.15) is 49.8 Å². The Morgan fingerprint density at radius 3 is 2.81 bits per heavy atom. The standard InChI is InChI=1S/C22H29NO2S/c1-2-26-20-11-5-8-17(15-20)22(25)21-13-12-18(23-21)9-3-6-16-7-4-10-19(24)14-16/h4-5,7-8,10-11,14-15,18,21-25H,2-3,6,9,12-13H2,1H3. The predicted molar refractivity (Wildman–Crippen MR) is 109 cm³/mol. The molecule has 3 rings (SSSR count). The number of aliphatic hydroxyl groups excluding tert-OH is 1. The van der Waals surface area contributed by atoms with E-state index < -0.39 is 6.10 Å². The summed E-state index contributed by atoms with van der Waals surface area (Å²) in [6.45, 7) is 2.15. The normalized spacial score (nSPS) is 21.0. The van der Waals surface area contributed by atoms with Crippen LogP contribution >= 0.6 is 11.8 Å². The van der Waals surface area contributed by atoms with Gasteiger partial charge < -0.3 is 15.5 Å². The molecule has 4 heteroatoms. The molecule has 1 heterocycles. The van der Waals surface area contributed by atoms with E-state index in [0.717, 1.165) is 43.4 Å². The van der Waals surface area contributed by atoms with Gasteiger partial charge in [0, 0.05) is 17.0 Å². The van der Waals surface area contributed by atoms with Crippen molar-refractivity contribution in [2.75, 3.05) is 5.75 Å². The summed E-state index contributed by atoms with van der Waals surface area (Å²) in [4.78, 5) is 1.23. The average Bonchev–Trinajstić information content (AvgIpc) is 3.11. The molecular formula is C22H29NO2S. The minimum Gasteiger partial charge on any atom is -0.508 e. The lowest BCUT2D eigenvalue weighted by Crippen LogP contribution is -2.34. The Hall–Kier alpha value is -1.49. The van der Waals surface area contributed by atoms with Gasteiger partial charge in [-0.25, -0.2) is 0 Å². The van der Waals surface area contributed by atoms with Crippen LogP contribution in [-0.2, 0) is 6.42 Å². The van der Waals surface area contributed by atoms with Gasteiger partial charge in [0.2, 0.25) is 0 Å². The molecule has 3 N–H and O–H groups in total. The average molecular weight is 372 g/mol. The van der Waals surface area contributed by atoms with Crippen molar-refractivity contribution in [1.82, 2.24) is 5.32 Å². The minimum atomic E-state index is -0.441. The monoisotopic (exact) mass is 371 g/mol. The fourth-order valence-corrected chi connectivity index (χ4v) is 4.51. The molecule has 0 spiro atoms. The first-order valence-electron chi connectivity index (χ1n) is 9.60. The molecule has 3 unspecified atom stereocenters. The summed E-state index contributed by atoms with van der Waals surface area (Å²) >= 11 is 1.81. The quantitative estimate of drug-likeness (QED) is 0.590. The number of aryl methyl sites for hydroxylation is 1. The van der Waals surface area contributed by atoms with Gasteiger partial charge >= 0.3 is 0 Å². The maximum absolute atomic E-state index is 10.8. The van der Waals surface area contributed by atoms with Gasteiger partial charge in [-0.15, -0.1) is 11.8 Å². The van der Waals surface area contributed by atoms with E-state index in [1.165, 1.54) is 10.5 Å². The molecule has 0 amide bonds. The Balaban J connectivity index is 1.47. The van der Waals surface area contributed by atoms with Crippen LogP contribution in [0, 0.1) is 0 Å². The summed E-state index contributed by atoms with van der Waals surface area (Å²) in [7, 11) is 0. The second-order valence-corrected chi connectivity index (χ2v) is 8.40. The topological polar surface area (TPSA) is 52.5 Å². The highest BCUT2D eigenvalue weighted by Crippen LogP contribution is 2.29. The molecule has 3 nitrogen and oxygen atoms in total. The largest absolute Gasteiger partial charge is 0.508 e. The van der Waals surface area contributed by atoms with E-state index in [1.807, 2.05) is 36.0 Å². The zero-order valence-corrected chi connectivity index (χ0v) is 16.2. The number of hydrogen-bond donors (Lipinski definition) is 3. The number of aromatic hydroxyl groups is 1. The van der Waals surface area contributed by atoms with Gasteiger partial charge in [0.05, 0.1) is 6.10 Å². The molecule has 0 aliphatic carbocycles. The van der Waals surface area contributed by atoms with Crippen LogP contribution in [0.2, 0.25) is 0 Å². The number of benzene rings is 2. The van der Waals surface area contributed by atoms with Crippen LogP contribution in [0.3, 0.4) is 0 Å². The van der Waals surface area contributed by atoms with Crippen molar-refractivity contribution in [3.63, 3.8) is 0 Å². The molecule has 1 aliphatic heterocycles. The summed E-state index contributed by atoms with van der Waals surface area (Å²) in [6.07, 6.45) is 4.87. The maximum Gasteiger partial charge on any atom is 0.115 e. The van der Waals surface area contributed by atoms with Crippen molar-refractivity contribution >= 4 is 11.8 Å². The second kappa shape index (κ2) is 9.45. The highest BCUT2D eigenvalue weighted by molar-refractivity contribution is 7.99. The number of nitrogens with one attached hydrogen (secondary N) is 1. The summed E-state index contributed by atoms with van der Waals surface area (Å²) in [5.41, 5.74) is 2.20. The lowest BCUT2D eigenvalue weighted by Gasteiger charge is -2.21. The van der Waals surface area contributed by atoms with Gasteiger partial charge in [0.15, 0.2) is 0 Å². The van der Waals surface area contributed by atoms with Crippen molar-refractivity contribution in [3.8, 4) is 5.75 Å². The Bertz CT molecular complexity index is 706. The molecule has 0 saturated carbocycles. The smallest absolute Gasteiger partial charge is 0.115 e. The van der Waals surface area contributed by atoms with E-state index >= 15 is 0 Å². The third kappa shape index (κ3) is 5.26. The SMILES string of the molecule is CCSc1cccc(C(O)C2CCC(CCCc3cccc(O)c3)N2)c1. The van der Waals surface area contributed by atoms with Crippen molar-refractivity contribution in [2.45, 2.75) is 62.1 Å². The molecule has 1 saturated heterocycles. The molecule has 0 radical (unpaired) electrons. The molecule has 0 aromatic heterocycles. The Kier molecular flexibility index (Phi) is 7.00. The summed E-state index contributed by atoms with van der Waals surface area (Å²) < 4.78 is 0. The Labute approximate surface area is 160 Å². The first kappa shape index (κ1) is 19.3. The number of thioether (sulfide) groups is 1. The van der Waals surface area contributed by atoms with E-state index in [9.17, 15) is 10.2 Å². The van der Waals surface area contributed by atoms with Gasteiger partial charge in [0.1, 0.15) is 5.75 Å². The molecule has 26 heavy (non-hydrogen) atoms. The Morgan fingerprint density at radius 1 is 1.15 bits per heavy atom. The first-order chi connectivity index (χ1) is 12.7. The maximum atomic E-state index is 10.8. The van der Waals surface area contributed by atoms with E-state index in [0.29, 0.717) is 11.8 Å². The zero-order chi connectivity index (χ0) is 18.4. The van der Waals surface area contributed by atoms with Gasteiger partial charge in [0.25, 0.3) is 0 Å². The van der Waals surface area contributed by atoms with Crippen LogP contribution in [0.4, 0.5) is 0 Å². The molecule has 140 valence electrons. The number of aliphatic hydroxyl groups is 1. The van der Waals surface area contributed by atoms with Gasteiger partial charge in [-0.05, 0) is 73.2 Å². The summed E-state index contributed by atoms with van der Waals surface area (Å²) in [6, 6.07) is 16.4. The molecule has 2 aromatic rings. The highest BCUT2D eigenvalue weighted by Gasteiger charge is 2.29. The molecular weight excluding hydrogens is 342 g/mol. The number of phenols is 1. The van der Waals surface area contributed by atoms with Crippen LogP contribution in [0.25, 0.3) is 0 Å². The molecule has 3 atom stereocenters. The zero-order valence-electron chi connectivity index (χ0n) is 15.4. The van der Waals surface area contributed by atoms with Crippen LogP contribution in [-0.4, -0.2) is 28.0 Å². The second-order valence-electron chi connectivity index (χ2n) is 7.06.